The molecule has 0 atom stereocenters. The largest absolute Gasteiger partial charge is 0.497 e. The summed E-state index contributed by atoms with van der Waals surface area (Å²) in [7, 11) is 1.61. The van der Waals surface area contributed by atoms with Gasteiger partial charge < -0.3 is 10.1 Å². The predicted molar refractivity (Wildman–Crippen MR) is 96.5 cm³/mol. The zero-order valence-corrected chi connectivity index (χ0v) is 14.3. The maximum Gasteiger partial charge on any atom is 0.248 e. The van der Waals surface area contributed by atoms with Crippen LogP contribution in [0.25, 0.3) is 5.57 Å². The summed E-state index contributed by atoms with van der Waals surface area (Å²) < 4.78 is 5.13. The fraction of sp³-hybridized carbons (Fsp3) is 0.200. The maximum atomic E-state index is 12.3. The zero-order chi connectivity index (χ0) is 17.7. The molecule has 0 aliphatic rings. The average Bonchev–Trinajstić information content (AvgIpc) is 2.56. The average molecular weight is 323 g/mol. The molecule has 0 radical (unpaired) electrons. The van der Waals surface area contributed by atoms with E-state index in [9.17, 15) is 9.59 Å². The lowest BCUT2D eigenvalue weighted by Crippen LogP contribution is -2.10. The number of anilines is 1. The Kier molecular flexibility index (Phi) is 5.53. The molecular weight excluding hydrogens is 302 g/mol. The molecule has 0 aromatic heterocycles. The summed E-state index contributed by atoms with van der Waals surface area (Å²) in [5, 5.41) is 2.84. The van der Waals surface area contributed by atoms with E-state index in [1.807, 2.05) is 44.2 Å². The van der Waals surface area contributed by atoms with Crippen LogP contribution in [0.1, 0.15) is 35.3 Å². The van der Waals surface area contributed by atoms with Crippen LogP contribution in [0.4, 0.5) is 5.69 Å². The standard InChI is InChI=1S/C20H21NO3/c1-13-5-6-17(15(3)22)12-19(13)21-20(23)11-14(2)16-7-9-18(24-4)10-8-16/h5-12H,1-4H3,(H,21,23)/b14-11+. The van der Waals surface area contributed by atoms with Gasteiger partial charge in [-0.2, -0.15) is 0 Å². The lowest BCUT2D eigenvalue weighted by Gasteiger charge is -2.09. The van der Waals surface area contributed by atoms with Gasteiger partial charge in [-0.25, -0.2) is 0 Å². The fourth-order valence-electron chi connectivity index (χ4n) is 2.28. The Hall–Kier alpha value is -2.88. The number of nitrogens with one attached hydrogen (secondary N) is 1. The minimum atomic E-state index is -0.230. The number of methoxy groups -OCH3 is 1. The van der Waals surface area contributed by atoms with E-state index < -0.39 is 0 Å². The maximum absolute atomic E-state index is 12.3. The molecule has 0 fully saturated rings. The third-order valence-electron chi connectivity index (χ3n) is 3.79. The molecule has 0 spiro atoms. The minimum Gasteiger partial charge on any atom is -0.497 e. The van der Waals surface area contributed by atoms with Gasteiger partial charge >= 0.3 is 0 Å². The molecule has 0 saturated heterocycles. The van der Waals surface area contributed by atoms with Crippen molar-refractivity contribution in [2.75, 3.05) is 12.4 Å². The summed E-state index contributed by atoms with van der Waals surface area (Å²) in [6.07, 6.45) is 1.54. The number of Topliss-reactive ketones (excluding diaryl/α,β-unsaturated/α-hetero) is 1. The molecule has 0 aliphatic carbocycles. The fourth-order valence-corrected chi connectivity index (χ4v) is 2.28. The van der Waals surface area contributed by atoms with Crippen molar-refractivity contribution in [3.05, 3.63) is 65.2 Å². The van der Waals surface area contributed by atoms with Crippen LogP contribution in [-0.4, -0.2) is 18.8 Å². The summed E-state index contributed by atoms with van der Waals surface area (Å²) in [4.78, 5) is 23.7. The number of benzene rings is 2. The van der Waals surface area contributed by atoms with E-state index in [4.69, 9.17) is 4.74 Å². The number of carbonyl (C=O) groups is 2. The van der Waals surface area contributed by atoms with E-state index in [0.29, 0.717) is 11.3 Å². The third kappa shape index (κ3) is 4.32. The van der Waals surface area contributed by atoms with Gasteiger partial charge in [0.15, 0.2) is 5.78 Å². The first-order chi connectivity index (χ1) is 11.4. The number of ether oxygens (including phenoxy) is 1. The van der Waals surface area contributed by atoms with Gasteiger partial charge in [-0.15, -0.1) is 0 Å². The first kappa shape index (κ1) is 17.5. The number of rotatable bonds is 5. The van der Waals surface area contributed by atoms with E-state index in [1.165, 1.54) is 6.92 Å². The van der Waals surface area contributed by atoms with Gasteiger partial charge in [-0.1, -0.05) is 24.3 Å². The number of hydrogen-bond acceptors (Lipinski definition) is 3. The molecule has 124 valence electrons. The molecule has 1 N–H and O–H groups in total. The van der Waals surface area contributed by atoms with Gasteiger partial charge in [0.2, 0.25) is 5.91 Å². The van der Waals surface area contributed by atoms with Crippen molar-refractivity contribution < 1.29 is 14.3 Å². The van der Waals surface area contributed by atoms with Crippen molar-refractivity contribution in [3.8, 4) is 5.75 Å². The first-order valence-electron chi connectivity index (χ1n) is 7.66. The van der Waals surface area contributed by atoms with Crippen LogP contribution in [0.3, 0.4) is 0 Å². The Balaban J connectivity index is 2.17. The van der Waals surface area contributed by atoms with Gasteiger partial charge in [0, 0.05) is 17.3 Å². The second-order valence-corrected chi connectivity index (χ2v) is 5.63. The lowest BCUT2D eigenvalue weighted by molar-refractivity contribution is -0.111. The van der Waals surface area contributed by atoms with Crippen molar-refractivity contribution >= 4 is 23.0 Å². The highest BCUT2D eigenvalue weighted by atomic mass is 16.5. The van der Waals surface area contributed by atoms with Crippen LogP contribution in [0.5, 0.6) is 5.75 Å². The van der Waals surface area contributed by atoms with E-state index in [2.05, 4.69) is 5.32 Å². The molecule has 1 amide bonds. The molecule has 0 bridgehead atoms. The summed E-state index contributed by atoms with van der Waals surface area (Å²) in [6.45, 7) is 5.27. The molecule has 0 aliphatic heterocycles. The van der Waals surface area contributed by atoms with Crippen LogP contribution in [-0.2, 0) is 4.79 Å². The van der Waals surface area contributed by atoms with Crippen molar-refractivity contribution in [1.29, 1.82) is 0 Å². The Morgan fingerprint density at radius 2 is 1.62 bits per heavy atom. The van der Waals surface area contributed by atoms with Crippen LogP contribution >= 0.6 is 0 Å². The highest BCUT2D eigenvalue weighted by Gasteiger charge is 2.07. The molecule has 4 heteroatoms. The first-order valence-corrected chi connectivity index (χ1v) is 7.66. The van der Waals surface area contributed by atoms with E-state index >= 15 is 0 Å². The van der Waals surface area contributed by atoms with E-state index in [-0.39, 0.29) is 11.7 Å². The number of hydrogen-bond donors (Lipinski definition) is 1. The second-order valence-electron chi connectivity index (χ2n) is 5.63. The minimum absolute atomic E-state index is 0.0320. The lowest BCUT2D eigenvalue weighted by atomic mass is 10.1. The predicted octanol–water partition coefficient (Wildman–Crippen LogP) is 4.25. The van der Waals surface area contributed by atoms with Crippen LogP contribution < -0.4 is 10.1 Å². The summed E-state index contributed by atoms with van der Waals surface area (Å²) >= 11 is 0. The van der Waals surface area contributed by atoms with E-state index in [1.54, 1.807) is 25.3 Å². The molecule has 0 unspecified atom stereocenters. The Labute approximate surface area is 142 Å². The molecule has 2 rings (SSSR count). The van der Waals surface area contributed by atoms with E-state index in [0.717, 1.165) is 22.4 Å². The van der Waals surface area contributed by atoms with Crippen LogP contribution in [0, 0.1) is 6.92 Å². The highest BCUT2D eigenvalue weighted by molar-refractivity contribution is 6.05. The van der Waals surface area contributed by atoms with Gasteiger partial charge in [0.05, 0.1) is 7.11 Å². The Bertz CT molecular complexity index is 789. The molecule has 2 aromatic rings. The Morgan fingerprint density at radius 1 is 1.00 bits per heavy atom. The molecule has 0 heterocycles. The molecule has 0 saturated carbocycles. The molecule has 4 nitrogen and oxygen atoms in total. The van der Waals surface area contributed by atoms with Crippen molar-refractivity contribution in [2.45, 2.75) is 20.8 Å². The number of amides is 1. The third-order valence-corrected chi connectivity index (χ3v) is 3.79. The van der Waals surface area contributed by atoms with Crippen LogP contribution in [0.2, 0.25) is 0 Å². The molecule has 24 heavy (non-hydrogen) atoms. The van der Waals surface area contributed by atoms with Gasteiger partial charge in [-0.3, -0.25) is 9.59 Å². The summed E-state index contributed by atoms with van der Waals surface area (Å²) in [6, 6.07) is 12.8. The number of carbonyl (C=O) groups excluding carboxylic acids is 2. The normalized spacial score (nSPS) is 11.1. The number of allylic oxidation sites excluding steroid dienone is 1. The number of ketones is 1. The zero-order valence-electron chi connectivity index (χ0n) is 14.3. The smallest absolute Gasteiger partial charge is 0.248 e. The molecular formula is C20H21NO3. The van der Waals surface area contributed by atoms with Crippen molar-refractivity contribution in [3.63, 3.8) is 0 Å². The van der Waals surface area contributed by atoms with Gasteiger partial charge in [0.1, 0.15) is 5.75 Å². The SMILES string of the molecule is COc1ccc(/C(C)=C/C(=O)Nc2cc(C(C)=O)ccc2C)cc1. The van der Waals surface area contributed by atoms with Crippen molar-refractivity contribution in [1.82, 2.24) is 0 Å². The van der Waals surface area contributed by atoms with Gasteiger partial charge in [0.25, 0.3) is 0 Å². The molecule has 2 aromatic carbocycles. The summed E-state index contributed by atoms with van der Waals surface area (Å²) in [5.74, 6) is 0.509. The quantitative estimate of drug-likeness (QED) is 0.661. The highest BCUT2D eigenvalue weighted by Crippen LogP contribution is 2.20. The number of aryl methyl sites for hydroxylation is 1. The summed E-state index contributed by atoms with van der Waals surface area (Å²) in [5.41, 5.74) is 3.91. The van der Waals surface area contributed by atoms with Crippen LogP contribution in [0.15, 0.2) is 48.5 Å². The van der Waals surface area contributed by atoms with Gasteiger partial charge in [-0.05, 0) is 55.7 Å². The monoisotopic (exact) mass is 323 g/mol. The topological polar surface area (TPSA) is 55.4 Å². The van der Waals surface area contributed by atoms with Crippen molar-refractivity contribution in [2.24, 2.45) is 0 Å². The Morgan fingerprint density at radius 3 is 2.21 bits per heavy atom. The second kappa shape index (κ2) is 7.59.